The van der Waals surface area contributed by atoms with Crippen molar-refractivity contribution in [3.63, 3.8) is 0 Å². The molecule has 0 saturated heterocycles. The summed E-state index contributed by atoms with van der Waals surface area (Å²) in [5, 5.41) is 1.77. The van der Waals surface area contributed by atoms with Gasteiger partial charge in [0.25, 0.3) is 5.91 Å². The highest BCUT2D eigenvalue weighted by Crippen LogP contribution is 2.16. The lowest BCUT2D eigenvalue weighted by Crippen LogP contribution is -2.08. The molecule has 0 aromatic carbocycles. The molecule has 0 radical (unpaired) electrons. The van der Waals surface area contributed by atoms with Crippen molar-refractivity contribution in [1.82, 2.24) is 0 Å². The number of thiol groups is 1. The van der Waals surface area contributed by atoms with Crippen LogP contribution in [0.25, 0.3) is 0 Å². The molecule has 1 amide bonds. The Bertz CT molecular complexity index is 231. The molecule has 0 aliphatic heterocycles. The molecule has 48 valence electrons. The van der Waals surface area contributed by atoms with E-state index in [0.29, 0.717) is 4.88 Å². The van der Waals surface area contributed by atoms with Crippen molar-refractivity contribution in [2.45, 2.75) is 4.90 Å². The van der Waals surface area contributed by atoms with Crippen molar-refractivity contribution < 1.29 is 4.79 Å². The summed E-state index contributed by atoms with van der Waals surface area (Å²) in [4.78, 5) is 11.8. The number of amides is 1. The highest BCUT2D eigenvalue weighted by molar-refractivity contribution is 7.80. The number of nitrogens with two attached hydrogens (primary N) is 1. The highest BCUT2D eigenvalue weighted by Gasteiger charge is 2.00. The Morgan fingerprint density at radius 1 is 1.78 bits per heavy atom. The summed E-state index contributed by atoms with van der Waals surface area (Å²) in [5.41, 5.74) is 4.96. The number of hydrogen-bond acceptors (Lipinski definition) is 3. The first-order valence-electron chi connectivity index (χ1n) is 2.27. The van der Waals surface area contributed by atoms with Gasteiger partial charge in [-0.1, -0.05) is 0 Å². The zero-order valence-electron chi connectivity index (χ0n) is 4.50. The number of primary amides is 1. The molecule has 1 heterocycles. The number of thiophene rings is 1. The molecule has 1 aromatic rings. The van der Waals surface area contributed by atoms with E-state index >= 15 is 0 Å². The molecule has 0 saturated carbocycles. The molecule has 4 heteroatoms. The monoisotopic (exact) mass is 159 g/mol. The fraction of sp³-hybridized carbons (Fsp3) is 0. The molecule has 0 unspecified atom stereocenters. The molecule has 1 rings (SSSR count). The van der Waals surface area contributed by atoms with E-state index in [2.05, 4.69) is 12.6 Å². The molecule has 0 aliphatic carbocycles. The summed E-state index contributed by atoms with van der Waals surface area (Å²) in [6, 6.07) is 1.65. The van der Waals surface area contributed by atoms with E-state index in [-0.39, 0.29) is 5.91 Å². The van der Waals surface area contributed by atoms with E-state index in [1.807, 2.05) is 0 Å². The van der Waals surface area contributed by atoms with Crippen LogP contribution in [0.15, 0.2) is 16.3 Å². The van der Waals surface area contributed by atoms with E-state index in [0.717, 1.165) is 4.90 Å². The Balaban J connectivity index is 2.98. The summed E-state index contributed by atoms with van der Waals surface area (Å²) in [6.45, 7) is 0. The molecule has 2 nitrogen and oxygen atoms in total. The van der Waals surface area contributed by atoms with Crippen LogP contribution < -0.4 is 5.73 Å². The Hall–Kier alpha value is -0.480. The molecular weight excluding hydrogens is 154 g/mol. The van der Waals surface area contributed by atoms with Gasteiger partial charge in [0, 0.05) is 10.3 Å². The second kappa shape index (κ2) is 2.41. The van der Waals surface area contributed by atoms with Gasteiger partial charge in [-0.05, 0) is 6.07 Å². The first-order chi connectivity index (χ1) is 4.20. The van der Waals surface area contributed by atoms with Crippen molar-refractivity contribution in [3.8, 4) is 0 Å². The minimum absolute atomic E-state index is 0.389. The Morgan fingerprint density at radius 2 is 2.44 bits per heavy atom. The van der Waals surface area contributed by atoms with Gasteiger partial charge in [0.05, 0.1) is 4.88 Å². The molecule has 0 aliphatic rings. The van der Waals surface area contributed by atoms with Gasteiger partial charge < -0.3 is 5.73 Å². The zero-order chi connectivity index (χ0) is 6.85. The summed E-state index contributed by atoms with van der Waals surface area (Å²) in [5.74, 6) is -0.389. The van der Waals surface area contributed by atoms with Crippen LogP contribution >= 0.6 is 24.0 Å². The quantitative estimate of drug-likeness (QED) is 0.593. The second-order valence-electron chi connectivity index (χ2n) is 1.53. The van der Waals surface area contributed by atoms with Crippen LogP contribution in [-0.2, 0) is 0 Å². The molecule has 0 bridgehead atoms. The van der Waals surface area contributed by atoms with E-state index in [1.54, 1.807) is 11.4 Å². The maximum absolute atomic E-state index is 10.4. The molecule has 9 heavy (non-hydrogen) atoms. The molecule has 0 fully saturated rings. The van der Waals surface area contributed by atoms with E-state index in [4.69, 9.17) is 5.73 Å². The summed E-state index contributed by atoms with van der Waals surface area (Å²) in [6.07, 6.45) is 0. The van der Waals surface area contributed by atoms with Crippen molar-refractivity contribution in [2.24, 2.45) is 5.73 Å². The lowest BCUT2D eigenvalue weighted by atomic mass is 10.5. The maximum atomic E-state index is 10.4. The normalized spacial score (nSPS) is 9.44. The standard InChI is InChI=1S/C5H5NOS2/c6-5(7)4-1-3(8)2-9-4/h1-2,8H,(H2,6,7). The van der Waals surface area contributed by atoms with E-state index < -0.39 is 0 Å². The minimum atomic E-state index is -0.389. The SMILES string of the molecule is NC(=O)c1cc(S)cs1. The molecule has 0 atom stereocenters. The second-order valence-corrected chi connectivity index (χ2v) is 2.96. The van der Waals surface area contributed by atoms with Gasteiger partial charge in [-0.2, -0.15) is 0 Å². The van der Waals surface area contributed by atoms with Gasteiger partial charge in [0.2, 0.25) is 0 Å². The lowest BCUT2D eigenvalue weighted by Gasteiger charge is -1.80. The third kappa shape index (κ3) is 1.46. The third-order valence-electron chi connectivity index (χ3n) is 0.828. The molecule has 0 spiro atoms. The van der Waals surface area contributed by atoms with Crippen molar-refractivity contribution in [2.75, 3.05) is 0 Å². The van der Waals surface area contributed by atoms with E-state index in [1.165, 1.54) is 11.3 Å². The van der Waals surface area contributed by atoms with Crippen LogP contribution in [0.4, 0.5) is 0 Å². The van der Waals surface area contributed by atoms with Crippen LogP contribution in [0.1, 0.15) is 9.67 Å². The number of carbonyl (C=O) groups is 1. The van der Waals surface area contributed by atoms with Gasteiger partial charge in [-0.15, -0.1) is 24.0 Å². The maximum Gasteiger partial charge on any atom is 0.258 e. The van der Waals surface area contributed by atoms with Crippen LogP contribution in [0.2, 0.25) is 0 Å². The summed E-state index contributed by atoms with van der Waals surface area (Å²) < 4.78 is 0. The summed E-state index contributed by atoms with van der Waals surface area (Å²) >= 11 is 5.31. The first-order valence-corrected chi connectivity index (χ1v) is 3.60. The van der Waals surface area contributed by atoms with Gasteiger partial charge in [-0.3, -0.25) is 4.79 Å². The largest absolute Gasteiger partial charge is 0.365 e. The van der Waals surface area contributed by atoms with Crippen molar-refractivity contribution in [3.05, 3.63) is 16.3 Å². The highest BCUT2D eigenvalue weighted by atomic mass is 32.1. The molecular formula is C5H5NOS2. The topological polar surface area (TPSA) is 43.1 Å². The predicted octanol–water partition coefficient (Wildman–Crippen LogP) is 1.14. The average Bonchev–Trinajstić information content (AvgIpc) is 2.14. The van der Waals surface area contributed by atoms with Gasteiger partial charge in [-0.25, -0.2) is 0 Å². The fourth-order valence-corrected chi connectivity index (χ4v) is 1.46. The fourth-order valence-electron chi connectivity index (χ4n) is 0.455. The van der Waals surface area contributed by atoms with Crippen LogP contribution in [0.5, 0.6) is 0 Å². The third-order valence-corrected chi connectivity index (χ3v) is 2.21. The van der Waals surface area contributed by atoms with Crippen LogP contribution in [-0.4, -0.2) is 5.91 Å². The zero-order valence-corrected chi connectivity index (χ0v) is 6.21. The Morgan fingerprint density at radius 3 is 2.67 bits per heavy atom. The molecule has 1 aromatic heterocycles. The van der Waals surface area contributed by atoms with Gasteiger partial charge in [0.1, 0.15) is 0 Å². The number of rotatable bonds is 1. The Labute approximate surface area is 62.1 Å². The molecule has 2 N–H and O–H groups in total. The number of carbonyl (C=O) groups excluding carboxylic acids is 1. The van der Waals surface area contributed by atoms with E-state index in [9.17, 15) is 4.79 Å². The average molecular weight is 159 g/mol. The van der Waals surface area contributed by atoms with Crippen molar-refractivity contribution in [1.29, 1.82) is 0 Å². The number of hydrogen-bond donors (Lipinski definition) is 2. The predicted molar refractivity (Wildman–Crippen MR) is 40.1 cm³/mol. The Kier molecular flexibility index (Phi) is 1.78. The van der Waals surface area contributed by atoms with Crippen LogP contribution in [0.3, 0.4) is 0 Å². The van der Waals surface area contributed by atoms with Crippen LogP contribution in [0, 0.1) is 0 Å². The van der Waals surface area contributed by atoms with Gasteiger partial charge in [0.15, 0.2) is 0 Å². The smallest absolute Gasteiger partial charge is 0.258 e. The lowest BCUT2D eigenvalue weighted by molar-refractivity contribution is 0.100. The van der Waals surface area contributed by atoms with Crippen molar-refractivity contribution >= 4 is 29.9 Å². The van der Waals surface area contributed by atoms with Gasteiger partial charge >= 0.3 is 0 Å². The summed E-state index contributed by atoms with van der Waals surface area (Å²) in [7, 11) is 0. The first kappa shape index (κ1) is 6.64. The minimum Gasteiger partial charge on any atom is -0.365 e.